The summed E-state index contributed by atoms with van der Waals surface area (Å²) >= 11 is 0. The molecule has 0 unspecified atom stereocenters. The number of hydrogen-bond acceptors (Lipinski definition) is 5. The lowest BCUT2D eigenvalue weighted by atomic mass is 9.99. The summed E-state index contributed by atoms with van der Waals surface area (Å²) in [6.45, 7) is 7.46. The van der Waals surface area contributed by atoms with E-state index >= 15 is 0 Å². The number of carbonyl (C=O) groups excluding carboxylic acids is 1. The Labute approximate surface area is 161 Å². The second-order valence-corrected chi connectivity index (χ2v) is 9.39. The first-order chi connectivity index (χ1) is 12.9. The molecule has 2 aliphatic heterocycles. The van der Waals surface area contributed by atoms with Gasteiger partial charge in [-0.25, -0.2) is 8.42 Å². The molecule has 1 N–H and O–H groups in total. The number of piperidine rings is 1. The number of morpholine rings is 1. The van der Waals surface area contributed by atoms with Crippen molar-refractivity contribution in [3.63, 3.8) is 0 Å². The molecule has 1 amide bonds. The Morgan fingerprint density at radius 1 is 1.26 bits per heavy atom. The highest BCUT2D eigenvalue weighted by Crippen LogP contribution is 2.22. The number of sulfonamides is 1. The molecule has 0 spiro atoms. The number of nitrogens with one attached hydrogen (secondary N) is 1. The molecule has 2 saturated heterocycles. The summed E-state index contributed by atoms with van der Waals surface area (Å²) in [4.78, 5) is 15.0. The summed E-state index contributed by atoms with van der Waals surface area (Å²) in [5.74, 6) is 0.487. The summed E-state index contributed by atoms with van der Waals surface area (Å²) < 4.78 is 32.2. The number of rotatable bonds is 5. The van der Waals surface area contributed by atoms with Crippen molar-refractivity contribution in [1.29, 1.82) is 0 Å². The van der Waals surface area contributed by atoms with Crippen LogP contribution in [-0.4, -0.2) is 69.0 Å². The average Bonchev–Trinajstić information content (AvgIpc) is 2.68. The molecule has 0 aliphatic carbocycles. The van der Waals surface area contributed by atoms with Crippen LogP contribution in [-0.2, 0) is 19.6 Å². The van der Waals surface area contributed by atoms with Gasteiger partial charge in [0.05, 0.1) is 24.2 Å². The van der Waals surface area contributed by atoms with E-state index in [4.69, 9.17) is 4.74 Å². The monoisotopic (exact) mass is 395 g/mol. The maximum Gasteiger partial charge on any atom is 0.243 e. The Hall–Kier alpha value is -1.48. The van der Waals surface area contributed by atoms with E-state index in [1.807, 2.05) is 6.92 Å². The van der Waals surface area contributed by atoms with Crippen LogP contribution in [0.2, 0.25) is 0 Å². The molecule has 7 nitrogen and oxygen atoms in total. The largest absolute Gasteiger partial charge is 0.379 e. The van der Waals surface area contributed by atoms with E-state index in [0.717, 1.165) is 19.5 Å². The van der Waals surface area contributed by atoms with Crippen molar-refractivity contribution >= 4 is 21.6 Å². The maximum atomic E-state index is 12.8. The van der Waals surface area contributed by atoms with Gasteiger partial charge < -0.3 is 10.1 Å². The average molecular weight is 396 g/mol. The Morgan fingerprint density at radius 2 is 2.00 bits per heavy atom. The summed E-state index contributed by atoms with van der Waals surface area (Å²) in [5.41, 5.74) is 0.506. The number of anilines is 1. The van der Waals surface area contributed by atoms with Crippen LogP contribution in [0.5, 0.6) is 0 Å². The van der Waals surface area contributed by atoms with Gasteiger partial charge in [0.2, 0.25) is 15.9 Å². The van der Waals surface area contributed by atoms with Crippen LogP contribution in [0.1, 0.15) is 26.7 Å². The van der Waals surface area contributed by atoms with Crippen molar-refractivity contribution in [3.05, 3.63) is 24.3 Å². The highest BCUT2D eigenvalue weighted by atomic mass is 32.2. The van der Waals surface area contributed by atoms with Crippen LogP contribution < -0.4 is 5.32 Å². The smallest absolute Gasteiger partial charge is 0.243 e. The van der Waals surface area contributed by atoms with E-state index in [-0.39, 0.29) is 16.8 Å². The predicted molar refractivity (Wildman–Crippen MR) is 104 cm³/mol. The molecule has 2 heterocycles. The van der Waals surface area contributed by atoms with Gasteiger partial charge in [-0.05, 0) is 50.4 Å². The standard InChI is InChI=1S/C19H29N3O4S/c1-15-5-4-8-21(14-15)16(2)19(23)20-17-6-3-7-18(13-17)27(24,25)22-9-11-26-12-10-22/h3,6-7,13,15-16H,4-5,8-12,14H2,1-2H3,(H,20,23)/t15-,16-/m0/s1. The number of nitrogens with zero attached hydrogens (tertiary/aromatic N) is 2. The molecule has 0 radical (unpaired) electrons. The number of benzene rings is 1. The first-order valence-corrected chi connectivity index (χ1v) is 11.0. The normalized spacial score (nSPS) is 23.7. The molecule has 150 valence electrons. The van der Waals surface area contributed by atoms with E-state index in [2.05, 4.69) is 17.1 Å². The van der Waals surface area contributed by atoms with Crippen LogP contribution in [0.3, 0.4) is 0 Å². The second-order valence-electron chi connectivity index (χ2n) is 7.45. The molecule has 3 rings (SSSR count). The van der Waals surface area contributed by atoms with Crippen LogP contribution in [0.15, 0.2) is 29.2 Å². The summed E-state index contributed by atoms with van der Waals surface area (Å²) in [6, 6.07) is 6.25. The molecule has 27 heavy (non-hydrogen) atoms. The highest BCUT2D eigenvalue weighted by molar-refractivity contribution is 7.89. The van der Waals surface area contributed by atoms with E-state index in [0.29, 0.717) is 37.9 Å². The number of ether oxygens (including phenoxy) is 1. The number of hydrogen-bond donors (Lipinski definition) is 1. The topological polar surface area (TPSA) is 79.0 Å². The lowest BCUT2D eigenvalue weighted by molar-refractivity contribution is -0.121. The molecule has 0 saturated carbocycles. The fourth-order valence-corrected chi connectivity index (χ4v) is 5.11. The van der Waals surface area contributed by atoms with Gasteiger partial charge in [0.15, 0.2) is 0 Å². The van der Waals surface area contributed by atoms with Crippen molar-refractivity contribution in [3.8, 4) is 0 Å². The minimum atomic E-state index is -3.58. The molecular weight excluding hydrogens is 366 g/mol. The summed E-state index contributed by atoms with van der Waals surface area (Å²) in [6.07, 6.45) is 2.30. The SMILES string of the molecule is C[C@H]1CCCN([C@@H](C)C(=O)Nc2cccc(S(=O)(=O)N3CCOCC3)c2)C1. The fourth-order valence-electron chi connectivity index (χ4n) is 3.66. The Balaban J connectivity index is 1.69. The van der Waals surface area contributed by atoms with Crippen molar-refractivity contribution < 1.29 is 17.9 Å². The third-order valence-electron chi connectivity index (χ3n) is 5.33. The third kappa shape index (κ3) is 4.87. The van der Waals surface area contributed by atoms with Gasteiger partial charge in [0.25, 0.3) is 0 Å². The zero-order valence-electron chi connectivity index (χ0n) is 16.1. The van der Waals surface area contributed by atoms with E-state index in [1.165, 1.54) is 16.8 Å². The van der Waals surface area contributed by atoms with Gasteiger partial charge in [-0.2, -0.15) is 4.31 Å². The van der Waals surface area contributed by atoms with Gasteiger partial charge in [0, 0.05) is 25.3 Å². The molecule has 1 aromatic carbocycles. The van der Waals surface area contributed by atoms with Crippen LogP contribution >= 0.6 is 0 Å². The summed E-state index contributed by atoms with van der Waals surface area (Å²) in [7, 11) is -3.58. The molecule has 0 bridgehead atoms. The van der Waals surface area contributed by atoms with Gasteiger partial charge in [0.1, 0.15) is 0 Å². The van der Waals surface area contributed by atoms with E-state index < -0.39 is 10.0 Å². The number of carbonyl (C=O) groups is 1. The van der Waals surface area contributed by atoms with Crippen LogP contribution in [0.4, 0.5) is 5.69 Å². The quantitative estimate of drug-likeness (QED) is 0.822. The fraction of sp³-hybridized carbons (Fsp3) is 0.632. The van der Waals surface area contributed by atoms with Crippen LogP contribution in [0, 0.1) is 5.92 Å². The van der Waals surface area contributed by atoms with Crippen LogP contribution in [0.25, 0.3) is 0 Å². The number of amides is 1. The number of likely N-dealkylation sites (tertiary alicyclic amines) is 1. The van der Waals surface area contributed by atoms with E-state index in [1.54, 1.807) is 18.2 Å². The lowest BCUT2D eigenvalue weighted by Gasteiger charge is -2.34. The molecule has 2 atom stereocenters. The molecule has 8 heteroatoms. The van der Waals surface area contributed by atoms with Crippen molar-refractivity contribution in [2.24, 2.45) is 5.92 Å². The van der Waals surface area contributed by atoms with Crippen molar-refractivity contribution in [2.45, 2.75) is 37.6 Å². The molecule has 0 aromatic heterocycles. The minimum absolute atomic E-state index is 0.106. The Kier molecular flexibility index (Phi) is 6.52. The Bertz CT molecular complexity index is 762. The molecule has 1 aromatic rings. The minimum Gasteiger partial charge on any atom is -0.379 e. The molecular formula is C19H29N3O4S. The summed E-state index contributed by atoms with van der Waals surface area (Å²) in [5, 5.41) is 2.88. The van der Waals surface area contributed by atoms with Gasteiger partial charge in [-0.3, -0.25) is 9.69 Å². The first-order valence-electron chi connectivity index (χ1n) is 9.61. The van der Waals surface area contributed by atoms with Gasteiger partial charge in [-0.15, -0.1) is 0 Å². The molecule has 2 aliphatic rings. The second kappa shape index (κ2) is 8.68. The van der Waals surface area contributed by atoms with Crippen molar-refractivity contribution in [2.75, 3.05) is 44.7 Å². The first kappa shape index (κ1) is 20.3. The zero-order chi connectivity index (χ0) is 19.4. The third-order valence-corrected chi connectivity index (χ3v) is 7.22. The lowest BCUT2D eigenvalue weighted by Crippen LogP contribution is -2.46. The van der Waals surface area contributed by atoms with E-state index in [9.17, 15) is 13.2 Å². The maximum absolute atomic E-state index is 12.8. The Morgan fingerprint density at radius 3 is 2.70 bits per heavy atom. The van der Waals surface area contributed by atoms with Gasteiger partial charge in [-0.1, -0.05) is 13.0 Å². The predicted octanol–water partition coefficient (Wildman–Crippen LogP) is 1.77. The molecule has 2 fully saturated rings. The zero-order valence-corrected chi connectivity index (χ0v) is 16.9. The van der Waals surface area contributed by atoms with Gasteiger partial charge >= 0.3 is 0 Å². The highest BCUT2D eigenvalue weighted by Gasteiger charge is 2.28. The van der Waals surface area contributed by atoms with Crippen molar-refractivity contribution in [1.82, 2.24) is 9.21 Å².